The molecule has 0 aromatic heterocycles. The highest BCUT2D eigenvalue weighted by atomic mass is 32.2. The highest BCUT2D eigenvalue weighted by molar-refractivity contribution is 7.97. The van der Waals surface area contributed by atoms with Crippen molar-refractivity contribution in [2.24, 2.45) is 5.92 Å². The van der Waals surface area contributed by atoms with Gasteiger partial charge in [-0.25, -0.2) is 4.72 Å². The Balaban J connectivity index is 1.66. The molecule has 132 valence electrons. The molecule has 4 heteroatoms. The number of aryl methyl sites for hydroxylation is 1. The normalized spacial score (nSPS) is 20.6. The van der Waals surface area contributed by atoms with Gasteiger partial charge in [0.1, 0.15) is 5.75 Å². The van der Waals surface area contributed by atoms with Crippen molar-refractivity contribution in [1.82, 2.24) is 4.72 Å². The van der Waals surface area contributed by atoms with Gasteiger partial charge in [-0.1, -0.05) is 37.5 Å². The second kappa shape index (κ2) is 7.30. The maximum Gasteiger partial charge on any atom is 0.126 e. The predicted octanol–water partition coefficient (Wildman–Crippen LogP) is 5.60. The summed E-state index contributed by atoms with van der Waals surface area (Å²) < 4.78 is 9.21. The van der Waals surface area contributed by atoms with Gasteiger partial charge in [-0.3, -0.25) is 0 Å². The van der Waals surface area contributed by atoms with E-state index >= 15 is 0 Å². The van der Waals surface area contributed by atoms with Crippen LogP contribution in [0.1, 0.15) is 37.7 Å². The molecule has 2 aromatic rings. The lowest BCUT2D eigenvalue weighted by Crippen LogP contribution is -2.42. The van der Waals surface area contributed by atoms with Crippen LogP contribution in [0.2, 0.25) is 0 Å². The molecule has 1 atom stereocenters. The van der Waals surface area contributed by atoms with Gasteiger partial charge in [0.05, 0.1) is 19.0 Å². The summed E-state index contributed by atoms with van der Waals surface area (Å²) >= 11 is 1.77. The van der Waals surface area contributed by atoms with E-state index in [0.29, 0.717) is 6.17 Å². The number of anilines is 1. The highest BCUT2D eigenvalue weighted by Crippen LogP contribution is 2.41. The molecule has 2 aliphatic rings. The minimum Gasteiger partial charge on any atom is -0.496 e. The fraction of sp³-hybridized carbons (Fsp3) is 0.429. The Morgan fingerprint density at radius 2 is 1.84 bits per heavy atom. The van der Waals surface area contributed by atoms with E-state index in [9.17, 15) is 0 Å². The minimum absolute atomic E-state index is 0.367. The average molecular weight is 355 g/mol. The molecule has 1 fully saturated rings. The van der Waals surface area contributed by atoms with Gasteiger partial charge in [-0.15, -0.1) is 0 Å². The zero-order valence-corrected chi connectivity index (χ0v) is 15.8. The van der Waals surface area contributed by atoms with Gasteiger partial charge in [0.15, 0.2) is 0 Å². The highest BCUT2D eigenvalue weighted by Gasteiger charge is 2.28. The molecule has 1 heterocycles. The quantitative estimate of drug-likeness (QED) is 0.703. The van der Waals surface area contributed by atoms with Crippen molar-refractivity contribution in [2.45, 2.75) is 50.1 Å². The molecule has 25 heavy (non-hydrogen) atoms. The number of benzene rings is 2. The summed E-state index contributed by atoms with van der Waals surface area (Å²) in [5.41, 5.74) is 4.92. The summed E-state index contributed by atoms with van der Waals surface area (Å²) in [5.74, 6) is 1.65. The van der Waals surface area contributed by atoms with E-state index in [4.69, 9.17) is 4.74 Å². The molecule has 1 unspecified atom stereocenters. The van der Waals surface area contributed by atoms with Crippen molar-refractivity contribution in [3.63, 3.8) is 0 Å². The zero-order chi connectivity index (χ0) is 17.2. The number of rotatable bonds is 3. The maximum absolute atomic E-state index is 5.58. The van der Waals surface area contributed by atoms with E-state index in [1.807, 2.05) is 12.1 Å². The Morgan fingerprint density at radius 3 is 2.64 bits per heavy atom. The van der Waals surface area contributed by atoms with Crippen LogP contribution in [-0.2, 0) is 0 Å². The largest absolute Gasteiger partial charge is 0.496 e. The molecule has 4 rings (SSSR count). The number of methoxy groups -OCH3 is 1. The lowest BCUT2D eigenvalue weighted by atomic mass is 9.87. The molecule has 1 aliphatic heterocycles. The first kappa shape index (κ1) is 16.8. The van der Waals surface area contributed by atoms with E-state index in [-0.39, 0.29) is 0 Å². The molecular weight excluding hydrogens is 328 g/mol. The van der Waals surface area contributed by atoms with Crippen molar-refractivity contribution in [2.75, 3.05) is 12.4 Å². The van der Waals surface area contributed by atoms with Crippen LogP contribution < -0.4 is 14.8 Å². The summed E-state index contributed by atoms with van der Waals surface area (Å²) in [6.07, 6.45) is 7.14. The Morgan fingerprint density at radius 1 is 1.04 bits per heavy atom. The molecule has 3 nitrogen and oxygen atoms in total. The second-order valence-electron chi connectivity index (χ2n) is 7.10. The monoisotopic (exact) mass is 354 g/mol. The molecule has 2 aromatic carbocycles. The first-order chi connectivity index (χ1) is 12.3. The van der Waals surface area contributed by atoms with E-state index in [0.717, 1.165) is 17.2 Å². The Labute approximate surface area is 154 Å². The summed E-state index contributed by atoms with van der Waals surface area (Å²) in [4.78, 5) is 1.28. The van der Waals surface area contributed by atoms with Gasteiger partial charge < -0.3 is 10.1 Å². The van der Waals surface area contributed by atoms with E-state index in [2.05, 4.69) is 41.2 Å². The molecule has 0 amide bonds. The van der Waals surface area contributed by atoms with Crippen LogP contribution in [0.5, 0.6) is 5.75 Å². The van der Waals surface area contributed by atoms with Crippen LogP contribution in [0.15, 0.2) is 41.3 Å². The van der Waals surface area contributed by atoms with Gasteiger partial charge in [0.25, 0.3) is 0 Å². The second-order valence-corrected chi connectivity index (χ2v) is 7.98. The summed E-state index contributed by atoms with van der Waals surface area (Å²) in [5, 5.41) is 3.77. The van der Waals surface area contributed by atoms with E-state index < -0.39 is 0 Å². The van der Waals surface area contributed by atoms with Crippen LogP contribution in [0.4, 0.5) is 5.69 Å². The van der Waals surface area contributed by atoms with Crippen molar-refractivity contribution >= 4 is 17.6 Å². The van der Waals surface area contributed by atoms with Gasteiger partial charge in [-0.05, 0) is 67.0 Å². The fourth-order valence-corrected chi connectivity index (χ4v) is 5.01. The molecule has 0 radical (unpaired) electrons. The van der Waals surface area contributed by atoms with E-state index in [1.54, 1.807) is 19.1 Å². The zero-order valence-electron chi connectivity index (χ0n) is 15.0. The van der Waals surface area contributed by atoms with Gasteiger partial charge >= 0.3 is 0 Å². The van der Waals surface area contributed by atoms with Crippen LogP contribution in [0.25, 0.3) is 11.1 Å². The van der Waals surface area contributed by atoms with Crippen molar-refractivity contribution in [3.05, 3.63) is 42.0 Å². The number of nitrogens with one attached hydrogen (secondary N) is 2. The third-order valence-electron chi connectivity index (χ3n) is 5.45. The minimum atomic E-state index is 0.367. The number of ether oxygens (including phenoxy) is 1. The Bertz CT molecular complexity index is 756. The fourth-order valence-electron chi connectivity index (χ4n) is 4.04. The van der Waals surface area contributed by atoms with Gasteiger partial charge in [0.2, 0.25) is 0 Å². The molecule has 0 spiro atoms. The topological polar surface area (TPSA) is 33.3 Å². The summed E-state index contributed by atoms with van der Waals surface area (Å²) in [6, 6.07) is 12.8. The van der Waals surface area contributed by atoms with Gasteiger partial charge in [0, 0.05) is 10.5 Å². The first-order valence-corrected chi connectivity index (χ1v) is 10.0. The molecule has 1 aliphatic carbocycles. The molecule has 1 saturated carbocycles. The number of hydrogen-bond donors (Lipinski definition) is 2. The summed E-state index contributed by atoms with van der Waals surface area (Å²) in [6.45, 7) is 2.18. The SMILES string of the molecule is COc1ccccc1-c1cc2c(cc1C)SNC(C1CCCCC1)N2. The average Bonchev–Trinajstić information content (AvgIpc) is 2.68. The molecule has 2 N–H and O–H groups in total. The third-order valence-corrected chi connectivity index (χ3v) is 6.38. The number of hydrogen-bond acceptors (Lipinski definition) is 4. The third kappa shape index (κ3) is 3.38. The lowest BCUT2D eigenvalue weighted by molar-refractivity contribution is 0.310. The molecular formula is C21H26N2OS. The van der Waals surface area contributed by atoms with Crippen LogP contribution in [-0.4, -0.2) is 13.3 Å². The molecule has 0 saturated heterocycles. The van der Waals surface area contributed by atoms with Gasteiger partial charge in [-0.2, -0.15) is 0 Å². The Kier molecular flexibility index (Phi) is 4.91. The maximum atomic E-state index is 5.58. The van der Waals surface area contributed by atoms with Crippen molar-refractivity contribution in [3.8, 4) is 16.9 Å². The standard InChI is InChI=1S/C21H26N2OS/c1-14-12-20-18(13-17(14)16-10-6-7-11-19(16)24-2)22-21(23-25-20)15-8-4-3-5-9-15/h6-7,10-13,15,21-23H,3-5,8-9H2,1-2H3. The van der Waals surface area contributed by atoms with Crippen LogP contribution in [0, 0.1) is 12.8 Å². The van der Waals surface area contributed by atoms with Crippen LogP contribution in [0.3, 0.4) is 0 Å². The predicted molar refractivity (Wildman–Crippen MR) is 106 cm³/mol. The van der Waals surface area contributed by atoms with Crippen molar-refractivity contribution < 1.29 is 4.74 Å². The van der Waals surface area contributed by atoms with E-state index in [1.165, 1.54) is 53.8 Å². The smallest absolute Gasteiger partial charge is 0.126 e. The first-order valence-electron chi connectivity index (χ1n) is 9.23. The number of fused-ring (bicyclic) bond motifs is 1. The Hall–Kier alpha value is -1.65. The van der Waals surface area contributed by atoms with Crippen molar-refractivity contribution in [1.29, 1.82) is 0 Å². The lowest BCUT2D eigenvalue weighted by Gasteiger charge is -2.36. The summed E-state index contributed by atoms with van der Waals surface area (Å²) in [7, 11) is 1.74. The number of para-hydroxylation sites is 1. The van der Waals surface area contributed by atoms with Crippen LogP contribution >= 0.6 is 11.9 Å². The molecule has 0 bridgehead atoms.